The minimum atomic E-state index is -0.167. The Bertz CT molecular complexity index is 620. The largest absolute Gasteiger partial charge is 0.340 e. The van der Waals surface area contributed by atoms with Crippen LogP contribution in [0.4, 0.5) is 0 Å². The standard InChI is InChI=1S/C16H25N7O2/c1-20-8-13(9-20)23-7-12(6-15(23)24)16(25)22-4-2-21(3-5-22)10-14-17-11-18-19-14/h11-13H,2-10H2,1H3,(H,17,18,19). The van der Waals surface area contributed by atoms with Gasteiger partial charge in [-0.1, -0.05) is 0 Å². The van der Waals surface area contributed by atoms with Crippen molar-refractivity contribution in [2.24, 2.45) is 5.92 Å². The summed E-state index contributed by atoms with van der Waals surface area (Å²) in [5, 5.41) is 6.73. The molecule has 0 saturated carbocycles. The summed E-state index contributed by atoms with van der Waals surface area (Å²) in [7, 11) is 2.05. The third-order valence-corrected chi connectivity index (χ3v) is 5.52. The van der Waals surface area contributed by atoms with E-state index < -0.39 is 0 Å². The molecule has 25 heavy (non-hydrogen) atoms. The van der Waals surface area contributed by atoms with Crippen molar-refractivity contribution in [2.75, 3.05) is 52.9 Å². The lowest BCUT2D eigenvalue weighted by atomic mass is 10.1. The minimum absolute atomic E-state index is 0.139. The number of aromatic nitrogens is 3. The van der Waals surface area contributed by atoms with Gasteiger partial charge in [0.05, 0.1) is 18.5 Å². The fraction of sp³-hybridized carbons (Fsp3) is 0.750. The Balaban J connectivity index is 1.27. The number of rotatable bonds is 4. The molecule has 3 fully saturated rings. The molecule has 0 aliphatic carbocycles. The highest BCUT2D eigenvalue weighted by molar-refractivity contribution is 5.89. The molecule has 2 amide bonds. The summed E-state index contributed by atoms with van der Waals surface area (Å²) < 4.78 is 0. The topological polar surface area (TPSA) is 88.7 Å². The molecule has 0 radical (unpaired) electrons. The van der Waals surface area contributed by atoms with Crippen LogP contribution in [0.15, 0.2) is 6.33 Å². The van der Waals surface area contributed by atoms with Crippen molar-refractivity contribution in [3.05, 3.63) is 12.2 Å². The van der Waals surface area contributed by atoms with Crippen LogP contribution >= 0.6 is 0 Å². The Morgan fingerprint density at radius 3 is 2.64 bits per heavy atom. The molecule has 9 heteroatoms. The van der Waals surface area contributed by atoms with Gasteiger partial charge in [0.1, 0.15) is 12.2 Å². The summed E-state index contributed by atoms with van der Waals surface area (Å²) in [5.74, 6) is 0.963. The second-order valence-corrected chi connectivity index (χ2v) is 7.36. The van der Waals surface area contributed by atoms with Crippen LogP contribution in [0.1, 0.15) is 12.2 Å². The Hall–Kier alpha value is -2.00. The molecule has 1 atom stereocenters. The summed E-state index contributed by atoms with van der Waals surface area (Å²) in [6.45, 7) is 6.24. The molecule has 0 bridgehead atoms. The molecule has 1 N–H and O–H groups in total. The number of amides is 2. The summed E-state index contributed by atoms with van der Waals surface area (Å²) in [5.41, 5.74) is 0. The first-order chi connectivity index (χ1) is 12.1. The Labute approximate surface area is 147 Å². The normalized spacial score (nSPS) is 26.3. The number of likely N-dealkylation sites (tertiary alicyclic amines) is 2. The van der Waals surface area contributed by atoms with Gasteiger partial charge in [-0.15, -0.1) is 0 Å². The number of likely N-dealkylation sites (N-methyl/N-ethyl adjacent to an activating group) is 1. The average molecular weight is 347 g/mol. The van der Waals surface area contributed by atoms with E-state index in [-0.39, 0.29) is 17.7 Å². The number of hydrogen-bond acceptors (Lipinski definition) is 6. The minimum Gasteiger partial charge on any atom is -0.340 e. The van der Waals surface area contributed by atoms with Crippen molar-refractivity contribution in [1.82, 2.24) is 34.8 Å². The molecule has 1 aromatic rings. The second-order valence-electron chi connectivity index (χ2n) is 7.36. The summed E-state index contributed by atoms with van der Waals surface area (Å²) in [6.07, 6.45) is 1.88. The van der Waals surface area contributed by atoms with Crippen molar-refractivity contribution >= 4 is 11.8 Å². The van der Waals surface area contributed by atoms with Crippen molar-refractivity contribution < 1.29 is 9.59 Å². The van der Waals surface area contributed by atoms with Gasteiger partial charge in [-0.3, -0.25) is 19.6 Å². The maximum Gasteiger partial charge on any atom is 0.228 e. The van der Waals surface area contributed by atoms with E-state index >= 15 is 0 Å². The monoisotopic (exact) mass is 347 g/mol. The van der Waals surface area contributed by atoms with Crippen molar-refractivity contribution in [3.8, 4) is 0 Å². The molecule has 1 aromatic heterocycles. The van der Waals surface area contributed by atoms with Gasteiger partial charge in [0.2, 0.25) is 11.8 Å². The first-order valence-electron chi connectivity index (χ1n) is 8.93. The van der Waals surface area contributed by atoms with Crippen molar-refractivity contribution in [3.63, 3.8) is 0 Å². The zero-order valence-corrected chi connectivity index (χ0v) is 14.6. The number of hydrogen-bond donors (Lipinski definition) is 1. The average Bonchev–Trinajstić information content (AvgIpc) is 3.22. The van der Waals surface area contributed by atoms with Gasteiger partial charge >= 0.3 is 0 Å². The predicted octanol–water partition coefficient (Wildman–Crippen LogP) is -1.39. The van der Waals surface area contributed by atoms with Gasteiger partial charge in [0, 0.05) is 52.2 Å². The number of H-pyrrole nitrogens is 1. The first-order valence-corrected chi connectivity index (χ1v) is 8.93. The number of nitrogens with zero attached hydrogens (tertiary/aromatic N) is 6. The lowest BCUT2D eigenvalue weighted by molar-refractivity contribution is -0.137. The molecular formula is C16H25N7O2. The maximum atomic E-state index is 12.8. The van der Waals surface area contributed by atoms with Gasteiger partial charge in [-0.2, -0.15) is 5.10 Å². The highest BCUT2D eigenvalue weighted by Crippen LogP contribution is 2.26. The van der Waals surface area contributed by atoms with Crippen LogP contribution in [0.2, 0.25) is 0 Å². The molecule has 4 rings (SSSR count). The molecule has 3 saturated heterocycles. The van der Waals surface area contributed by atoms with Crippen molar-refractivity contribution in [1.29, 1.82) is 0 Å². The fourth-order valence-corrected chi connectivity index (χ4v) is 4.02. The quantitative estimate of drug-likeness (QED) is 0.722. The van der Waals surface area contributed by atoms with Crippen LogP contribution in [0.5, 0.6) is 0 Å². The highest BCUT2D eigenvalue weighted by Gasteiger charge is 2.42. The van der Waals surface area contributed by atoms with E-state index in [0.717, 1.165) is 38.5 Å². The molecule has 9 nitrogen and oxygen atoms in total. The third kappa shape index (κ3) is 3.38. The molecule has 3 aliphatic rings. The maximum absolute atomic E-state index is 12.8. The number of carbonyl (C=O) groups excluding carboxylic acids is 2. The summed E-state index contributed by atoms with van der Waals surface area (Å²) in [4.78, 5) is 37.5. The van der Waals surface area contributed by atoms with Crippen molar-refractivity contribution in [2.45, 2.75) is 19.0 Å². The van der Waals surface area contributed by atoms with Crippen LogP contribution in [-0.2, 0) is 16.1 Å². The van der Waals surface area contributed by atoms with Gasteiger partial charge in [0.15, 0.2) is 0 Å². The number of carbonyl (C=O) groups is 2. The predicted molar refractivity (Wildman–Crippen MR) is 89.3 cm³/mol. The van der Waals surface area contributed by atoms with Gasteiger partial charge in [0.25, 0.3) is 0 Å². The van der Waals surface area contributed by atoms with E-state index in [4.69, 9.17) is 0 Å². The number of nitrogens with one attached hydrogen (secondary N) is 1. The summed E-state index contributed by atoms with van der Waals surface area (Å²) >= 11 is 0. The molecule has 3 aliphatic heterocycles. The Morgan fingerprint density at radius 1 is 1.24 bits per heavy atom. The van der Waals surface area contributed by atoms with E-state index in [0.29, 0.717) is 32.1 Å². The van der Waals surface area contributed by atoms with Gasteiger partial charge in [-0.25, -0.2) is 4.98 Å². The lowest BCUT2D eigenvalue weighted by Gasteiger charge is -2.42. The molecule has 0 aromatic carbocycles. The molecule has 136 valence electrons. The first kappa shape index (κ1) is 16.5. The smallest absolute Gasteiger partial charge is 0.228 e. The van der Waals surface area contributed by atoms with Gasteiger partial charge in [-0.05, 0) is 7.05 Å². The van der Waals surface area contributed by atoms with E-state index in [1.807, 2.05) is 9.80 Å². The van der Waals surface area contributed by atoms with Crippen LogP contribution in [0.3, 0.4) is 0 Å². The Kier molecular flexibility index (Phi) is 4.43. The summed E-state index contributed by atoms with van der Waals surface area (Å²) in [6, 6.07) is 0.300. The Morgan fingerprint density at radius 2 is 2.00 bits per heavy atom. The highest BCUT2D eigenvalue weighted by atomic mass is 16.2. The third-order valence-electron chi connectivity index (χ3n) is 5.52. The molecule has 1 unspecified atom stereocenters. The van der Waals surface area contributed by atoms with E-state index in [1.54, 1.807) is 0 Å². The number of piperazine rings is 1. The zero-order valence-electron chi connectivity index (χ0n) is 14.6. The van der Waals surface area contributed by atoms with Gasteiger partial charge < -0.3 is 14.7 Å². The van der Waals surface area contributed by atoms with E-state index in [9.17, 15) is 9.59 Å². The van der Waals surface area contributed by atoms with E-state index in [1.165, 1.54) is 6.33 Å². The fourth-order valence-electron chi connectivity index (χ4n) is 4.02. The number of aromatic amines is 1. The SMILES string of the molecule is CN1CC(N2CC(C(=O)N3CCN(Cc4ncn[nH]4)CC3)CC2=O)C1. The molecular weight excluding hydrogens is 322 g/mol. The second kappa shape index (κ2) is 6.72. The molecule has 0 spiro atoms. The molecule has 4 heterocycles. The van der Waals surface area contributed by atoms with E-state index in [2.05, 4.69) is 32.0 Å². The van der Waals surface area contributed by atoms with Crippen LogP contribution < -0.4 is 0 Å². The lowest BCUT2D eigenvalue weighted by Crippen LogP contribution is -2.58. The van der Waals surface area contributed by atoms with Crippen LogP contribution in [-0.4, -0.2) is 105 Å². The zero-order chi connectivity index (χ0) is 17.4. The van der Waals surface area contributed by atoms with Crippen LogP contribution in [0.25, 0.3) is 0 Å². The van der Waals surface area contributed by atoms with Crippen LogP contribution in [0, 0.1) is 5.92 Å².